The Labute approximate surface area is 137 Å². The fourth-order valence-electron chi connectivity index (χ4n) is 3.06. The van der Waals surface area contributed by atoms with Crippen molar-refractivity contribution in [3.63, 3.8) is 0 Å². The van der Waals surface area contributed by atoms with Gasteiger partial charge in [0.25, 0.3) is 0 Å². The maximum absolute atomic E-state index is 11.6. The molecule has 0 heterocycles. The molecule has 2 rings (SSSR count). The number of ether oxygens (including phenoxy) is 1. The van der Waals surface area contributed by atoms with Crippen LogP contribution in [0.1, 0.15) is 33.4 Å². The van der Waals surface area contributed by atoms with Gasteiger partial charge in [0.1, 0.15) is 5.75 Å². The van der Waals surface area contributed by atoms with Crippen LogP contribution in [0.15, 0.2) is 30.3 Å². The number of hydrogen-bond donors (Lipinski definition) is 1. The van der Waals surface area contributed by atoms with E-state index < -0.39 is 12.1 Å². The minimum atomic E-state index is -0.941. The van der Waals surface area contributed by atoms with Gasteiger partial charge in [0.2, 0.25) is 0 Å². The van der Waals surface area contributed by atoms with Crippen LogP contribution in [0.3, 0.4) is 0 Å². The molecular weight excluding hydrogens is 288 g/mol. The highest BCUT2D eigenvalue weighted by atomic mass is 16.5. The highest BCUT2D eigenvalue weighted by molar-refractivity contribution is 5.73. The number of carboxylic acid groups (broad SMARTS) is 1. The molecule has 0 unspecified atom stereocenters. The van der Waals surface area contributed by atoms with Crippen LogP contribution in [0.25, 0.3) is 0 Å². The summed E-state index contributed by atoms with van der Waals surface area (Å²) in [5.74, 6) is -0.333. The molecule has 0 radical (unpaired) electrons. The first kappa shape index (κ1) is 17.1. The Morgan fingerprint density at radius 3 is 1.87 bits per heavy atom. The zero-order valence-electron chi connectivity index (χ0n) is 14.4. The van der Waals surface area contributed by atoms with Crippen LogP contribution in [-0.2, 0) is 11.2 Å². The summed E-state index contributed by atoms with van der Waals surface area (Å²) in [5.41, 5.74) is 6.58. The van der Waals surface area contributed by atoms with Gasteiger partial charge in [-0.2, -0.15) is 0 Å². The first-order valence-corrected chi connectivity index (χ1v) is 7.80. The van der Waals surface area contributed by atoms with Crippen molar-refractivity contribution in [2.45, 2.75) is 47.1 Å². The molecule has 2 aromatic rings. The van der Waals surface area contributed by atoms with Gasteiger partial charge in [0.15, 0.2) is 6.10 Å². The second-order valence-electron chi connectivity index (χ2n) is 6.35. The van der Waals surface area contributed by atoms with Crippen LogP contribution in [0, 0.1) is 34.6 Å². The van der Waals surface area contributed by atoms with E-state index in [0.717, 1.165) is 27.8 Å². The first-order valence-electron chi connectivity index (χ1n) is 7.80. The molecule has 1 atom stereocenters. The molecule has 1 N–H and O–H groups in total. The van der Waals surface area contributed by atoms with Gasteiger partial charge in [-0.3, -0.25) is 0 Å². The van der Waals surface area contributed by atoms with Gasteiger partial charge >= 0.3 is 5.97 Å². The third kappa shape index (κ3) is 4.35. The van der Waals surface area contributed by atoms with Crippen LogP contribution < -0.4 is 4.74 Å². The zero-order valence-corrected chi connectivity index (χ0v) is 14.4. The van der Waals surface area contributed by atoms with Crippen molar-refractivity contribution in [3.8, 4) is 5.75 Å². The lowest BCUT2D eigenvalue weighted by molar-refractivity contribution is -0.145. The molecule has 2 aromatic carbocycles. The number of aryl methyl sites for hydroxylation is 5. The van der Waals surface area contributed by atoms with Crippen molar-refractivity contribution in [3.05, 3.63) is 63.7 Å². The summed E-state index contributed by atoms with van der Waals surface area (Å²) >= 11 is 0. The lowest BCUT2D eigenvalue weighted by Crippen LogP contribution is -2.30. The highest BCUT2D eigenvalue weighted by Gasteiger charge is 2.22. The number of aliphatic carboxylic acids is 1. The third-order valence-electron chi connectivity index (χ3n) is 3.98. The number of carboxylic acids is 1. The summed E-state index contributed by atoms with van der Waals surface area (Å²) in [6, 6.07) is 9.95. The summed E-state index contributed by atoms with van der Waals surface area (Å²) in [5, 5.41) is 9.55. The van der Waals surface area contributed by atoms with E-state index >= 15 is 0 Å². The third-order valence-corrected chi connectivity index (χ3v) is 3.98. The van der Waals surface area contributed by atoms with Crippen LogP contribution in [-0.4, -0.2) is 17.2 Å². The molecular formula is C20H24O3. The zero-order chi connectivity index (χ0) is 17.1. The molecule has 23 heavy (non-hydrogen) atoms. The number of benzene rings is 2. The first-order chi connectivity index (χ1) is 10.8. The summed E-state index contributed by atoms with van der Waals surface area (Å²) in [6.45, 7) is 10.0. The van der Waals surface area contributed by atoms with Crippen LogP contribution >= 0.6 is 0 Å². The molecule has 3 nitrogen and oxygen atoms in total. The van der Waals surface area contributed by atoms with Crippen molar-refractivity contribution < 1.29 is 14.6 Å². The average Bonchev–Trinajstić information content (AvgIpc) is 2.39. The lowest BCUT2D eigenvalue weighted by Gasteiger charge is -2.19. The molecule has 0 fully saturated rings. The number of hydrogen-bond acceptors (Lipinski definition) is 2. The molecule has 0 aliphatic carbocycles. The normalized spacial score (nSPS) is 12.0. The fourth-order valence-corrected chi connectivity index (χ4v) is 3.06. The van der Waals surface area contributed by atoms with Crippen LogP contribution in [0.5, 0.6) is 5.75 Å². The van der Waals surface area contributed by atoms with E-state index in [1.165, 1.54) is 5.56 Å². The lowest BCUT2D eigenvalue weighted by atomic mass is 9.95. The Morgan fingerprint density at radius 2 is 1.39 bits per heavy atom. The largest absolute Gasteiger partial charge is 0.478 e. The predicted molar refractivity (Wildman–Crippen MR) is 92.3 cm³/mol. The van der Waals surface area contributed by atoms with Crippen LogP contribution in [0.4, 0.5) is 0 Å². The van der Waals surface area contributed by atoms with E-state index in [4.69, 9.17) is 4.74 Å². The van der Waals surface area contributed by atoms with Gasteiger partial charge in [0.05, 0.1) is 0 Å². The summed E-state index contributed by atoms with van der Waals surface area (Å²) in [4.78, 5) is 11.6. The Hall–Kier alpha value is -2.29. The molecule has 122 valence electrons. The summed E-state index contributed by atoms with van der Waals surface area (Å²) in [7, 11) is 0. The maximum Gasteiger partial charge on any atom is 0.345 e. The Kier molecular flexibility index (Phi) is 5.09. The molecule has 0 saturated heterocycles. The van der Waals surface area contributed by atoms with E-state index in [2.05, 4.69) is 12.1 Å². The molecule has 0 aliphatic heterocycles. The monoisotopic (exact) mass is 312 g/mol. The molecule has 0 amide bonds. The second kappa shape index (κ2) is 6.86. The van der Waals surface area contributed by atoms with Crippen molar-refractivity contribution in [2.24, 2.45) is 0 Å². The van der Waals surface area contributed by atoms with Crippen molar-refractivity contribution in [1.82, 2.24) is 0 Å². The number of rotatable bonds is 5. The standard InChI is InChI=1S/C20H24O3/c1-12-6-13(2)10-17(9-12)23-19(20(21)22)11-18-15(4)7-14(3)8-16(18)5/h6-10,19H,11H2,1-5H3,(H,21,22)/t19-/m1/s1. The smallest absolute Gasteiger partial charge is 0.345 e. The van der Waals surface area contributed by atoms with Gasteiger partial charge < -0.3 is 9.84 Å². The Balaban J connectivity index is 2.28. The Morgan fingerprint density at radius 1 is 0.913 bits per heavy atom. The topological polar surface area (TPSA) is 46.5 Å². The molecule has 0 spiro atoms. The second-order valence-corrected chi connectivity index (χ2v) is 6.35. The van der Waals surface area contributed by atoms with Gasteiger partial charge in [-0.15, -0.1) is 0 Å². The van der Waals surface area contributed by atoms with E-state index in [1.54, 1.807) is 0 Å². The molecule has 0 aromatic heterocycles. The molecule has 0 bridgehead atoms. The predicted octanol–water partition coefficient (Wildman–Crippen LogP) is 4.30. The average molecular weight is 312 g/mol. The fraction of sp³-hybridized carbons (Fsp3) is 0.350. The summed E-state index contributed by atoms with van der Waals surface area (Å²) < 4.78 is 5.78. The van der Waals surface area contributed by atoms with Crippen molar-refractivity contribution in [2.75, 3.05) is 0 Å². The van der Waals surface area contributed by atoms with Gasteiger partial charge in [-0.05, 0) is 74.6 Å². The van der Waals surface area contributed by atoms with E-state index in [-0.39, 0.29) is 0 Å². The quantitative estimate of drug-likeness (QED) is 0.895. The van der Waals surface area contributed by atoms with E-state index in [1.807, 2.05) is 52.8 Å². The van der Waals surface area contributed by atoms with Crippen molar-refractivity contribution in [1.29, 1.82) is 0 Å². The van der Waals surface area contributed by atoms with E-state index in [0.29, 0.717) is 12.2 Å². The number of carbonyl (C=O) groups is 1. The Bertz CT molecular complexity index is 688. The van der Waals surface area contributed by atoms with E-state index in [9.17, 15) is 9.90 Å². The van der Waals surface area contributed by atoms with Crippen molar-refractivity contribution >= 4 is 5.97 Å². The van der Waals surface area contributed by atoms with Gasteiger partial charge in [-0.1, -0.05) is 23.8 Å². The highest BCUT2D eigenvalue weighted by Crippen LogP contribution is 2.22. The van der Waals surface area contributed by atoms with Gasteiger partial charge in [0, 0.05) is 6.42 Å². The molecule has 3 heteroatoms. The minimum absolute atomic E-state index is 0.361. The summed E-state index contributed by atoms with van der Waals surface area (Å²) in [6.07, 6.45) is -0.531. The van der Waals surface area contributed by atoms with Crippen LogP contribution in [0.2, 0.25) is 0 Å². The molecule has 0 saturated carbocycles. The van der Waals surface area contributed by atoms with Gasteiger partial charge in [-0.25, -0.2) is 4.79 Å². The minimum Gasteiger partial charge on any atom is -0.478 e. The maximum atomic E-state index is 11.6. The SMILES string of the molecule is Cc1cc(C)cc(O[C@H](Cc2c(C)cc(C)cc2C)C(=O)O)c1. The molecule has 0 aliphatic rings.